The maximum atomic E-state index is 13.2. The Morgan fingerprint density at radius 2 is 0.838 bits per heavy atom. The van der Waals surface area contributed by atoms with Gasteiger partial charge in [-0.15, -0.1) is 0 Å². The molecule has 0 bridgehead atoms. The van der Waals surface area contributed by atoms with Gasteiger partial charge >= 0.3 is 24.7 Å². The standard InChI is InChI=1S/2C24H26F6N2O2/c2*1-15(17-10-19(23(25,26)27)12-20(11-17)24(28,29)30)34-14-22(18-6-4-3-5-7-18)9-8-21(13-31-22)32-16(2)33/h2*3-7,10-12,15,21,31H,8-9,13-14H2,1-2H3,(H,32,33)/t15-,21+,22-;15-,21-,22-/m11/s1. The number of nitrogens with one attached hydrogen (secondary N) is 4. The lowest BCUT2D eigenvalue weighted by atomic mass is 9.81. The molecule has 4 aromatic rings. The minimum absolute atomic E-state index is 0.0164. The number of rotatable bonds is 12. The number of benzene rings is 4. The monoisotopic (exact) mass is 976 g/mol. The Kier molecular flexibility index (Phi) is 17.1. The first-order valence-corrected chi connectivity index (χ1v) is 21.6. The smallest absolute Gasteiger partial charge is 0.372 e. The largest absolute Gasteiger partial charge is 0.416 e. The summed E-state index contributed by atoms with van der Waals surface area (Å²) in [6, 6.07) is 21.3. The van der Waals surface area contributed by atoms with Crippen LogP contribution in [-0.4, -0.2) is 50.2 Å². The lowest BCUT2D eigenvalue weighted by Gasteiger charge is -2.42. The van der Waals surface area contributed by atoms with Gasteiger partial charge in [0, 0.05) is 39.0 Å². The number of piperidine rings is 2. The summed E-state index contributed by atoms with van der Waals surface area (Å²) >= 11 is 0. The van der Waals surface area contributed by atoms with E-state index in [0.29, 0.717) is 63.0 Å². The van der Waals surface area contributed by atoms with Gasteiger partial charge in [0.15, 0.2) is 0 Å². The summed E-state index contributed by atoms with van der Waals surface area (Å²) in [7, 11) is 0. The van der Waals surface area contributed by atoms with Gasteiger partial charge in [-0.05, 0) is 98.2 Å². The minimum atomic E-state index is -4.93. The molecule has 4 N–H and O–H groups in total. The number of ether oxygens (including phenoxy) is 2. The van der Waals surface area contributed by atoms with E-state index in [4.69, 9.17) is 9.47 Å². The third-order valence-electron chi connectivity index (χ3n) is 12.0. The summed E-state index contributed by atoms with van der Waals surface area (Å²) in [4.78, 5) is 22.8. The van der Waals surface area contributed by atoms with Gasteiger partial charge in [0.1, 0.15) is 0 Å². The zero-order valence-electron chi connectivity index (χ0n) is 37.4. The first-order chi connectivity index (χ1) is 31.6. The van der Waals surface area contributed by atoms with E-state index in [1.54, 1.807) is 0 Å². The summed E-state index contributed by atoms with van der Waals surface area (Å²) < 4.78 is 171. The predicted octanol–water partition coefficient (Wildman–Crippen LogP) is 11.2. The van der Waals surface area contributed by atoms with Gasteiger partial charge in [-0.25, -0.2) is 0 Å². The van der Waals surface area contributed by atoms with E-state index in [-0.39, 0.29) is 60.4 Å². The highest BCUT2D eigenvalue weighted by Gasteiger charge is 2.42. The SMILES string of the molecule is CC(=O)N[C@@H]1CC[C@@](CO[C@H](C)c2cc(C(F)(F)F)cc(C(F)(F)F)c2)(c2ccccc2)NC1.CC(=O)N[C@H]1CC[C@@](CO[C@H](C)c2cc(C(F)(F)F)cc(C(F)(F)F)c2)(c2ccccc2)NC1. The molecule has 2 amide bonds. The maximum Gasteiger partial charge on any atom is 0.416 e. The second-order valence-electron chi connectivity index (χ2n) is 17.1. The quantitative estimate of drug-likeness (QED) is 0.106. The van der Waals surface area contributed by atoms with E-state index in [2.05, 4.69) is 21.3 Å². The molecule has 2 heterocycles. The summed E-state index contributed by atoms with van der Waals surface area (Å²) in [6.45, 7) is 6.61. The van der Waals surface area contributed by atoms with Crippen LogP contribution in [0.15, 0.2) is 97.1 Å². The van der Waals surface area contributed by atoms with Crippen molar-refractivity contribution in [3.8, 4) is 0 Å². The van der Waals surface area contributed by atoms with E-state index >= 15 is 0 Å². The van der Waals surface area contributed by atoms with E-state index < -0.39 is 70.2 Å². The van der Waals surface area contributed by atoms with Crippen LogP contribution in [0, 0.1) is 0 Å². The molecule has 6 atom stereocenters. The fraction of sp³-hybridized carbons (Fsp3) is 0.458. The Hall–Kier alpha value is -5.18. The molecule has 372 valence electrons. The Balaban J connectivity index is 0.000000254. The number of carbonyl (C=O) groups excluding carboxylic acids is 2. The molecule has 20 heteroatoms. The van der Waals surface area contributed by atoms with Crippen LogP contribution in [0.3, 0.4) is 0 Å². The van der Waals surface area contributed by atoms with Crippen molar-refractivity contribution in [3.63, 3.8) is 0 Å². The van der Waals surface area contributed by atoms with Crippen LogP contribution in [0.2, 0.25) is 0 Å². The molecule has 0 radical (unpaired) electrons. The van der Waals surface area contributed by atoms with Gasteiger partial charge in [0.2, 0.25) is 11.8 Å². The van der Waals surface area contributed by atoms with Crippen LogP contribution in [0.1, 0.15) is 110 Å². The van der Waals surface area contributed by atoms with Gasteiger partial charge in [0.25, 0.3) is 0 Å². The number of amides is 2. The Morgan fingerprint density at radius 3 is 1.07 bits per heavy atom. The van der Waals surface area contributed by atoms with Crippen LogP contribution in [0.5, 0.6) is 0 Å². The highest BCUT2D eigenvalue weighted by atomic mass is 19.4. The molecule has 2 aliphatic heterocycles. The van der Waals surface area contributed by atoms with Crippen LogP contribution in [0.25, 0.3) is 0 Å². The summed E-state index contributed by atoms with van der Waals surface area (Å²) in [6.07, 6.45) is -19.4. The molecular formula is C48H52F12N4O4. The first-order valence-electron chi connectivity index (χ1n) is 21.6. The lowest BCUT2D eigenvalue weighted by Crippen LogP contribution is -2.57. The van der Waals surface area contributed by atoms with Gasteiger partial charge in [-0.1, -0.05) is 60.7 Å². The highest BCUT2D eigenvalue weighted by Crippen LogP contribution is 2.41. The third kappa shape index (κ3) is 14.4. The van der Waals surface area contributed by atoms with Crippen LogP contribution < -0.4 is 21.3 Å². The van der Waals surface area contributed by atoms with Crippen LogP contribution >= 0.6 is 0 Å². The summed E-state index contributed by atoms with van der Waals surface area (Å²) in [5, 5.41) is 12.5. The van der Waals surface area contributed by atoms with Crippen molar-refractivity contribution in [1.82, 2.24) is 21.3 Å². The number of halogens is 12. The van der Waals surface area contributed by atoms with Crippen molar-refractivity contribution >= 4 is 11.8 Å². The summed E-state index contributed by atoms with van der Waals surface area (Å²) in [5.41, 5.74) is -5.59. The van der Waals surface area contributed by atoms with Gasteiger partial charge in [0.05, 0.1) is 58.8 Å². The maximum absolute atomic E-state index is 13.2. The van der Waals surface area contributed by atoms with Crippen molar-refractivity contribution in [2.24, 2.45) is 0 Å². The van der Waals surface area contributed by atoms with Gasteiger partial charge in [-0.2, -0.15) is 52.7 Å². The molecule has 6 rings (SSSR count). The number of carbonyl (C=O) groups is 2. The first kappa shape index (κ1) is 53.8. The number of alkyl halides is 12. The Morgan fingerprint density at radius 1 is 0.544 bits per heavy atom. The van der Waals surface area contributed by atoms with Gasteiger partial charge in [-0.3, -0.25) is 9.59 Å². The molecule has 4 aromatic carbocycles. The predicted molar refractivity (Wildman–Crippen MR) is 228 cm³/mol. The molecule has 68 heavy (non-hydrogen) atoms. The van der Waals surface area contributed by atoms with Crippen molar-refractivity contribution in [1.29, 1.82) is 0 Å². The molecule has 8 nitrogen and oxygen atoms in total. The molecule has 2 aliphatic rings. The normalized spacial score (nSPS) is 22.3. The van der Waals surface area contributed by atoms with Crippen molar-refractivity contribution in [2.45, 2.75) is 113 Å². The average Bonchev–Trinajstić information content (AvgIpc) is 3.27. The second-order valence-corrected chi connectivity index (χ2v) is 17.1. The topological polar surface area (TPSA) is 101 Å². The van der Waals surface area contributed by atoms with Gasteiger partial charge < -0.3 is 30.7 Å². The Bertz CT molecular complexity index is 2060. The molecule has 0 aliphatic carbocycles. The van der Waals surface area contributed by atoms with E-state index in [0.717, 1.165) is 11.1 Å². The molecule has 2 saturated heterocycles. The second kappa shape index (κ2) is 21.6. The number of hydrogen-bond donors (Lipinski definition) is 4. The zero-order valence-corrected chi connectivity index (χ0v) is 37.4. The van der Waals surface area contributed by atoms with Crippen molar-refractivity contribution in [2.75, 3.05) is 26.3 Å². The van der Waals surface area contributed by atoms with Crippen molar-refractivity contribution in [3.05, 3.63) is 142 Å². The molecule has 0 spiro atoms. The van der Waals surface area contributed by atoms with Crippen LogP contribution in [0.4, 0.5) is 52.7 Å². The third-order valence-corrected chi connectivity index (χ3v) is 12.0. The Labute approximate surface area is 385 Å². The van der Waals surface area contributed by atoms with E-state index in [1.807, 2.05) is 60.7 Å². The zero-order chi connectivity index (χ0) is 50.3. The highest BCUT2D eigenvalue weighted by molar-refractivity contribution is 5.73. The summed E-state index contributed by atoms with van der Waals surface area (Å²) in [5.74, 6) is -0.317. The minimum Gasteiger partial charge on any atom is -0.372 e. The molecular weight excluding hydrogens is 925 g/mol. The number of hydrogen-bond acceptors (Lipinski definition) is 6. The lowest BCUT2D eigenvalue weighted by molar-refractivity contribution is -0.145. The molecule has 0 unspecified atom stereocenters. The molecule has 0 aromatic heterocycles. The van der Waals surface area contributed by atoms with E-state index in [9.17, 15) is 62.3 Å². The molecule has 0 saturated carbocycles. The van der Waals surface area contributed by atoms with Crippen molar-refractivity contribution < 1.29 is 71.7 Å². The fourth-order valence-electron chi connectivity index (χ4n) is 8.26. The fourth-order valence-corrected chi connectivity index (χ4v) is 8.26. The average molecular weight is 977 g/mol. The van der Waals surface area contributed by atoms with Crippen LogP contribution in [-0.2, 0) is 54.8 Å². The molecule has 2 fully saturated rings. The van der Waals surface area contributed by atoms with E-state index in [1.165, 1.54) is 27.7 Å².